The average Bonchev–Trinajstić information content (AvgIpc) is 3.13. The molecule has 4 rings (SSSR count). The van der Waals surface area contributed by atoms with E-state index in [9.17, 15) is 4.79 Å². The molecule has 0 bridgehead atoms. The van der Waals surface area contributed by atoms with Crippen LogP contribution in [0.1, 0.15) is 20.8 Å². The molecule has 0 unspecified atom stereocenters. The molecule has 1 aliphatic heterocycles. The van der Waals surface area contributed by atoms with E-state index in [4.69, 9.17) is 0 Å². The Bertz CT molecular complexity index is 924. The molecule has 2 nitrogen and oxygen atoms in total. The summed E-state index contributed by atoms with van der Waals surface area (Å²) in [6.07, 6.45) is 1.80. The second kappa shape index (κ2) is 5.30. The van der Waals surface area contributed by atoms with Gasteiger partial charge in [-0.2, -0.15) is 0 Å². The van der Waals surface area contributed by atoms with E-state index >= 15 is 0 Å². The summed E-state index contributed by atoms with van der Waals surface area (Å²) in [5.74, 6) is 0.0892. The molecule has 0 saturated carbocycles. The first-order chi connectivity index (χ1) is 10.6. The van der Waals surface area contributed by atoms with Gasteiger partial charge in [0.25, 0.3) is 5.91 Å². The highest BCUT2D eigenvalue weighted by atomic mass is 79.9. The Morgan fingerprint density at radius 1 is 1.14 bits per heavy atom. The highest BCUT2D eigenvalue weighted by Gasteiger charge is 2.34. The van der Waals surface area contributed by atoms with Crippen LogP contribution in [-0.2, 0) is 6.54 Å². The lowest BCUT2D eigenvalue weighted by Gasteiger charge is -2.16. The van der Waals surface area contributed by atoms with Crippen molar-refractivity contribution in [2.75, 3.05) is 4.90 Å². The third-order valence-corrected chi connectivity index (χ3v) is 7.92. The van der Waals surface area contributed by atoms with Gasteiger partial charge in [-0.1, -0.05) is 24.8 Å². The van der Waals surface area contributed by atoms with Crippen molar-refractivity contribution >= 4 is 82.3 Å². The van der Waals surface area contributed by atoms with Crippen molar-refractivity contribution in [3.8, 4) is 0 Å². The lowest BCUT2D eigenvalue weighted by atomic mass is 10.2. The van der Waals surface area contributed by atoms with Crippen LogP contribution < -0.4 is 4.90 Å². The Labute approximate surface area is 152 Å². The summed E-state index contributed by atoms with van der Waals surface area (Å²) < 4.78 is 3.34. The zero-order valence-corrected chi connectivity index (χ0v) is 16.0. The highest BCUT2D eigenvalue weighted by Crippen LogP contribution is 2.49. The molecule has 0 atom stereocenters. The van der Waals surface area contributed by atoms with Crippen molar-refractivity contribution in [1.82, 2.24) is 0 Å². The molecule has 0 saturated heterocycles. The number of thiophene rings is 2. The first kappa shape index (κ1) is 14.6. The topological polar surface area (TPSA) is 20.3 Å². The van der Waals surface area contributed by atoms with Gasteiger partial charge < -0.3 is 4.90 Å². The van der Waals surface area contributed by atoms with Crippen LogP contribution in [-0.4, -0.2) is 5.91 Å². The number of hydrogen-bond donors (Lipinski definition) is 0. The van der Waals surface area contributed by atoms with Crippen molar-refractivity contribution < 1.29 is 4.79 Å². The number of hydrogen-bond acceptors (Lipinski definition) is 3. The summed E-state index contributed by atoms with van der Waals surface area (Å²) in [7, 11) is 0. The summed E-state index contributed by atoms with van der Waals surface area (Å²) >= 11 is 10.4. The van der Waals surface area contributed by atoms with Gasteiger partial charge in [-0.3, -0.25) is 4.79 Å². The Kier molecular flexibility index (Phi) is 3.52. The van der Waals surface area contributed by atoms with Crippen molar-refractivity contribution in [3.63, 3.8) is 0 Å². The maximum absolute atomic E-state index is 12.7. The molecule has 0 fully saturated rings. The van der Waals surface area contributed by atoms with Crippen LogP contribution in [0.4, 0.5) is 5.69 Å². The first-order valence-corrected chi connectivity index (χ1v) is 9.75. The standard InChI is InChI=1S/C16H9Br2NOS2/c1-2-8-3-5-9(6-4-8)19-7-10-11-13(15(18)22-14(11)17)21-12(10)16(19)20/h2-6H,1,7H2. The van der Waals surface area contributed by atoms with Gasteiger partial charge in [0.2, 0.25) is 0 Å². The van der Waals surface area contributed by atoms with E-state index in [1.54, 1.807) is 28.7 Å². The minimum Gasteiger partial charge on any atom is -0.303 e. The van der Waals surface area contributed by atoms with E-state index in [1.807, 2.05) is 29.2 Å². The molecule has 22 heavy (non-hydrogen) atoms. The van der Waals surface area contributed by atoms with Gasteiger partial charge in [0.1, 0.15) is 0 Å². The number of anilines is 1. The monoisotopic (exact) mass is 453 g/mol. The summed E-state index contributed by atoms with van der Waals surface area (Å²) in [5.41, 5.74) is 3.11. The smallest absolute Gasteiger partial charge is 0.269 e. The third-order valence-electron chi connectivity index (χ3n) is 3.76. The summed E-state index contributed by atoms with van der Waals surface area (Å²) in [4.78, 5) is 15.4. The molecule has 0 radical (unpaired) electrons. The maximum Gasteiger partial charge on any atom is 0.269 e. The predicted molar refractivity (Wildman–Crippen MR) is 102 cm³/mol. The van der Waals surface area contributed by atoms with Gasteiger partial charge in [-0.05, 0) is 49.6 Å². The second-order valence-electron chi connectivity index (χ2n) is 4.95. The van der Waals surface area contributed by atoms with E-state index < -0.39 is 0 Å². The average molecular weight is 455 g/mol. The molecule has 0 N–H and O–H groups in total. The second-order valence-corrected chi connectivity index (χ2v) is 9.63. The van der Waals surface area contributed by atoms with Crippen molar-refractivity contribution in [3.05, 3.63) is 54.4 Å². The van der Waals surface area contributed by atoms with Gasteiger partial charge in [-0.15, -0.1) is 22.7 Å². The Hall–Kier alpha value is -0.950. The van der Waals surface area contributed by atoms with Gasteiger partial charge >= 0.3 is 0 Å². The first-order valence-electron chi connectivity index (χ1n) is 6.53. The lowest BCUT2D eigenvalue weighted by molar-refractivity contribution is 0.1000. The summed E-state index contributed by atoms with van der Waals surface area (Å²) in [6.45, 7) is 4.38. The minimum atomic E-state index is 0.0892. The number of nitrogens with zero attached hydrogens (tertiary/aromatic N) is 1. The number of rotatable bonds is 2. The third kappa shape index (κ3) is 2.05. The molecule has 0 spiro atoms. The molecule has 6 heteroatoms. The number of halogens is 2. The molecule has 3 heterocycles. The van der Waals surface area contributed by atoms with Crippen molar-refractivity contribution in [2.24, 2.45) is 0 Å². The summed E-state index contributed by atoms with van der Waals surface area (Å²) in [6, 6.07) is 7.91. The lowest BCUT2D eigenvalue weighted by Crippen LogP contribution is -2.22. The van der Waals surface area contributed by atoms with E-state index in [1.165, 1.54) is 5.39 Å². The van der Waals surface area contributed by atoms with Gasteiger partial charge in [0, 0.05) is 16.6 Å². The molecule has 1 amide bonds. The van der Waals surface area contributed by atoms with Gasteiger partial charge in [-0.25, -0.2) is 0 Å². The van der Waals surface area contributed by atoms with Crippen LogP contribution in [0.15, 0.2) is 38.4 Å². The van der Waals surface area contributed by atoms with Crippen LogP contribution in [0.2, 0.25) is 0 Å². The van der Waals surface area contributed by atoms with E-state index in [2.05, 4.69) is 38.4 Å². The zero-order chi connectivity index (χ0) is 15.4. The Balaban J connectivity index is 1.79. The van der Waals surface area contributed by atoms with Crippen LogP contribution in [0.25, 0.3) is 16.2 Å². The van der Waals surface area contributed by atoms with Crippen molar-refractivity contribution in [1.29, 1.82) is 0 Å². The van der Waals surface area contributed by atoms with E-state index in [0.717, 1.165) is 34.0 Å². The van der Waals surface area contributed by atoms with Crippen LogP contribution in [0, 0.1) is 0 Å². The van der Waals surface area contributed by atoms with Gasteiger partial charge in [0.05, 0.1) is 23.7 Å². The normalized spacial score (nSPS) is 13.9. The molecular formula is C16H9Br2NOS2. The number of amides is 1. The van der Waals surface area contributed by atoms with Crippen LogP contribution in [0.5, 0.6) is 0 Å². The summed E-state index contributed by atoms with van der Waals surface area (Å²) in [5, 5.41) is 1.18. The molecule has 1 aliphatic rings. The van der Waals surface area contributed by atoms with Crippen LogP contribution >= 0.6 is 54.5 Å². The Morgan fingerprint density at radius 3 is 2.55 bits per heavy atom. The number of fused-ring (bicyclic) bond motifs is 3. The quantitative estimate of drug-likeness (QED) is 0.445. The predicted octanol–water partition coefficient (Wildman–Crippen LogP) is 6.29. The largest absolute Gasteiger partial charge is 0.303 e. The SMILES string of the molecule is C=Cc1ccc(N2Cc3c(sc4c(Br)sc(Br)c34)C2=O)cc1. The van der Waals surface area contributed by atoms with Crippen molar-refractivity contribution in [2.45, 2.75) is 6.54 Å². The number of benzene rings is 1. The van der Waals surface area contributed by atoms with Crippen LogP contribution in [0.3, 0.4) is 0 Å². The number of carbonyl (C=O) groups is 1. The van der Waals surface area contributed by atoms with E-state index in [-0.39, 0.29) is 5.91 Å². The molecule has 2 aromatic heterocycles. The number of carbonyl (C=O) groups excluding carboxylic acids is 1. The highest BCUT2D eigenvalue weighted by molar-refractivity contribution is 9.12. The molecular weight excluding hydrogens is 446 g/mol. The molecule has 1 aromatic carbocycles. The fourth-order valence-electron chi connectivity index (χ4n) is 2.66. The zero-order valence-electron chi connectivity index (χ0n) is 11.2. The van der Waals surface area contributed by atoms with Gasteiger partial charge in [0.15, 0.2) is 0 Å². The maximum atomic E-state index is 12.7. The Morgan fingerprint density at radius 2 is 1.86 bits per heavy atom. The molecule has 110 valence electrons. The fraction of sp³-hybridized carbons (Fsp3) is 0.0625. The molecule has 0 aliphatic carbocycles. The molecule has 3 aromatic rings. The minimum absolute atomic E-state index is 0.0892. The van der Waals surface area contributed by atoms with E-state index in [0.29, 0.717) is 6.54 Å². The fourth-order valence-corrected chi connectivity index (χ4v) is 7.39.